The zero-order valence-electron chi connectivity index (χ0n) is 25.0. The number of rotatable bonds is 8. The molecule has 10 nitrogen and oxygen atoms in total. The van der Waals surface area contributed by atoms with Crippen LogP contribution >= 0.6 is 0 Å². The number of fused-ring (bicyclic) bond motifs is 1. The van der Waals surface area contributed by atoms with Crippen LogP contribution in [0.15, 0.2) is 60.8 Å². The third kappa shape index (κ3) is 8.20. The molecule has 3 aromatic rings. The van der Waals surface area contributed by atoms with E-state index in [1.807, 2.05) is 38.1 Å². The predicted molar refractivity (Wildman–Crippen MR) is 161 cm³/mol. The van der Waals surface area contributed by atoms with Crippen molar-refractivity contribution in [2.45, 2.75) is 46.3 Å². The number of aromatic nitrogens is 1. The monoisotopic (exact) mass is 576 g/mol. The molecule has 10 heteroatoms. The highest BCUT2D eigenvalue weighted by molar-refractivity contribution is 6.01. The Hall–Kier alpha value is -4.15. The van der Waals surface area contributed by atoms with E-state index in [-0.39, 0.29) is 6.04 Å². The van der Waals surface area contributed by atoms with Crippen molar-refractivity contribution < 1.29 is 28.6 Å². The van der Waals surface area contributed by atoms with E-state index in [0.29, 0.717) is 29.0 Å². The van der Waals surface area contributed by atoms with Gasteiger partial charge in [0.05, 0.1) is 18.7 Å². The number of ether oxygens (including phenoxy) is 3. The van der Waals surface area contributed by atoms with Crippen LogP contribution in [0.4, 0.5) is 4.79 Å². The largest absolute Gasteiger partial charge is 0.492 e. The summed E-state index contributed by atoms with van der Waals surface area (Å²) in [6, 6.07) is 13.9. The average Bonchev–Trinajstić information content (AvgIpc) is 3.33. The van der Waals surface area contributed by atoms with E-state index in [9.17, 15) is 14.4 Å². The Labute approximate surface area is 246 Å². The molecule has 2 amide bonds. The maximum Gasteiger partial charge on any atom is 0.419 e. The Balaban J connectivity index is 1.39. The Bertz CT molecular complexity index is 1420. The smallest absolute Gasteiger partial charge is 0.419 e. The maximum absolute atomic E-state index is 13.2. The molecule has 224 valence electrons. The fourth-order valence-corrected chi connectivity index (χ4v) is 4.47. The van der Waals surface area contributed by atoms with Gasteiger partial charge in [0.25, 0.3) is 11.8 Å². The third-order valence-electron chi connectivity index (χ3n) is 6.61. The highest BCUT2D eigenvalue weighted by Gasteiger charge is 2.22. The summed E-state index contributed by atoms with van der Waals surface area (Å²) in [5, 5.41) is 2.07. The van der Waals surface area contributed by atoms with Gasteiger partial charge in [-0.15, -0.1) is 0 Å². The molecule has 2 aromatic carbocycles. The van der Waals surface area contributed by atoms with Gasteiger partial charge < -0.3 is 14.2 Å². The second-order valence-electron chi connectivity index (χ2n) is 11.4. The lowest BCUT2D eigenvalue weighted by Gasteiger charge is -2.26. The summed E-state index contributed by atoms with van der Waals surface area (Å²) in [6.07, 6.45) is 4.16. The van der Waals surface area contributed by atoms with Crippen molar-refractivity contribution in [2.24, 2.45) is 0 Å². The van der Waals surface area contributed by atoms with Gasteiger partial charge in [-0.05, 0) is 71.0 Å². The average molecular weight is 577 g/mol. The van der Waals surface area contributed by atoms with Gasteiger partial charge in [0.2, 0.25) is 0 Å². The van der Waals surface area contributed by atoms with E-state index < -0.39 is 23.5 Å². The number of carbonyl (C=O) groups excluding carboxylic acids is 3. The Kier molecular flexibility index (Phi) is 10.0. The van der Waals surface area contributed by atoms with Crippen LogP contribution in [-0.4, -0.2) is 83.5 Å². The van der Waals surface area contributed by atoms with Gasteiger partial charge in [0.15, 0.2) is 0 Å². The van der Waals surface area contributed by atoms with Crippen LogP contribution in [0.1, 0.15) is 50.5 Å². The van der Waals surface area contributed by atoms with Gasteiger partial charge in [-0.3, -0.25) is 24.5 Å². The Morgan fingerprint density at radius 1 is 1.05 bits per heavy atom. The number of para-hydroxylation sites is 1. The minimum Gasteiger partial charge on any atom is -0.492 e. The highest BCUT2D eigenvalue weighted by atomic mass is 16.6. The van der Waals surface area contributed by atoms with Crippen LogP contribution < -0.4 is 10.2 Å². The summed E-state index contributed by atoms with van der Waals surface area (Å²) in [7, 11) is 0. The first-order chi connectivity index (χ1) is 20.0. The number of morpholine rings is 1. The SMILES string of the molecule is CC(C)N(NC(=O)c1ccc(OCCN2CCOCC2)cc1)C(=O)C=Cc1cn(C(=O)OC(C)(C)C)c2ccccc12. The first kappa shape index (κ1) is 30.8. The van der Waals surface area contributed by atoms with Crippen LogP contribution in [0.2, 0.25) is 0 Å². The molecule has 1 saturated heterocycles. The number of amides is 2. The molecule has 1 fully saturated rings. The number of nitrogens with zero attached hydrogens (tertiary/aromatic N) is 3. The molecule has 42 heavy (non-hydrogen) atoms. The lowest BCUT2D eigenvalue weighted by atomic mass is 10.1. The number of nitrogens with one attached hydrogen (secondary N) is 1. The van der Waals surface area contributed by atoms with Crippen molar-refractivity contribution in [1.29, 1.82) is 0 Å². The minimum absolute atomic E-state index is 0.308. The molecule has 0 atom stereocenters. The number of carbonyl (C=O) groups is 3. The molecule has 0 unspecified atom stereocenters. The molecule has 0 spiro atoms. The first-order valence-corrected chi connectivity index (χ1v) is 14.2. The molecule has 0 saturated carbocycles. The molecule has 0 aliphatic carbocycles. The molecule has 4 rings (SSSR count). The zero-order chi connectivity index (χ0) is 30.3. The maximum atomic E-state index is 13.2. The second-order valence-corrected chi connectivity index (χ2v) is 11.4. The number of hydrogen-bond donors (Lipinski definition) is 1. The van der Waals surface area contributed by atoms with Crippen LogP contribution in [0.3, 0.4) is 0 Å². The first-order valence-electron chi connectivity index (χ1n) is 14.2. The summed E-state index contributed by atoms with van der Waals surface area (Å²) in [5.41, 5.74) is 3.80. The van der Waals surface area contributed by atoms with Crippen molar-refractivity contribution in [3.8, 4) is 5.75 Å². The van der Waals surface area contributed by atoms with Crippen LogP contribution in [0.5, 0.6) is 5.75 Å². The summed E-state index contributed by atoms with van der Waals surface area (Å²) in [4.78, 5) is 41.3. The van der Waals surface area contributed by atoms with Gasteiger partial charge in [0.1, 0.15) is 18.0 Å². The summed E-state index contributed by atoms with van der Waals surface area (Å²) >= 11 is 0. The summed E-state index contributed by atoms with van der Waals surface area (Å²) in [6.45, 7) is 13.7. The van der Waals surface area contributed by atoms with Crippen LogP contribution in [0, 0.1) is 0 Å². The molecule has 2 heterocycles. The van der Waals surface area contributed by atoms with Crippen molar-refractivity contribution in [2.75, 3.05) is 39.5 Å². The van der Waals surface area contributed by atoms with E-state index in [1.165, 1.54) is 15.7 Å². The van der Waals surface area contributed by atoms with Crippen LogP contribution in [-0.2, 0) is 14.3 Å². The standard InChI is InChI=1S/C32H40N4O6/c1-23(2)36(33-30(38)24-10-13-26(14-11-24)41-21-18-34-16-19-40-20-17-34)29(37)15-12-25-22-35(31(39)42-32(3,4)5)28-9-7-6-8-27(25)28/h6-15,22-23H,16-21H2,1-5H3,(H,33,38). The third-order valence-corrected chi connectivity index (χ3v) is 6.61. The van der Waals surface area contributed by atoms with Crippen LogP contribution in [0.25, 0.3) is 17.0 Å². The molecule has 1 aliphatic heterocycles. The van der Waals surface area contributed by atoms with Crippen molar-refractivity contribution in [1.82, 2.24) is 19.9 Å². The molecule has 0 radical (unpaired) electrons. The minimum atomic E-state index is -0.652. The van der Waals surface area contributed by atoms with E-state index in [4.69, 9.17) is 14.2 Å². The molecule has 1 aliphatic rings. The van der Waals surface area contributed by atoms with Crippen molar-refractivity contribution >= 4 is 34.9 Å². The van der Waals surface area contributed by atoms with Gasteiger partial charge in [0, 0.05) is 54.5 Å². The Morgan fingerprint density at radius 2 is 1.74 bits per heavy atom. The molecule has 1 aromatic heterocycles. The van der Waals surface area contributed by atoms with Gasteiger partial charge in [-0.1, -0.05) is 18.2 Å². The van der Waals surface area contributed by atoms with Gasteiger partial charge in [-0.25, -0.2) is 9.80 Å². The summed E-state index contributed by atoms with van der Waals surface area (Å²) < 4.78 is 18.2. The topological polar surface area (TPSA) is 102 Å². The predicted octanol–water partition coefficient (Wildman–Crippen LogP) is 4.73. The molecular formula is C32H40N4O6. The Morgan fingerprint density at radius 3 is 2.40 bits per heavy atom. The zero-order valence-corrected chi connectivity index (χ0v) is 25.0. The lowest BCUT2D eigenvalue weighted by molar-refractivity contribution is -0.130. The molecule has 0 bridgehead atoms. The van der Waals surface area contributed by atoms with Gasteiger partial charge in [-0.2, -0.15) is 0 Å². The van der Waals surface area contributed by atoms with Crippen molar-refractivity contribution in [3.63, 3.8) is 0 Å². The fourth-order valence-electron chi connectivity index (χ4n) is 4.47. The van der Waals surface area contributed by atoms with E-state index in [0.717, 1.165) is 38.2 Å². The number of hydrazine groups is 1. The van der Waals surface area contributed by atoms with Gasteiger partial charge >= 0.3 is 6.09 Å². The lowest BCUT2D eigenvalue weighted by Crippen LogP contribution is -2.49. The van der Waals surface area contributed by atoms with E-state index in [2.05, 4.69) is 10.3 Å². The summed E-state index contributed by atoms with van der Waals surface area (Å²) in [5.74, 6) is -0.146. The number of hydrogen-bond acceptors (Lipinski definition) is 7. The molecular weight excluding hydrogens is 536 g/mol. The quantitative estimate of drug-likeness (QED) is 0.306. The fraction of sp³-hybridized carbons (Fsp3) is 0.406. The van der Waals surface area contributed by atoms with E-state index >= 15 is 0 Å². The van der Waals surface area contributed by atoms with E-state index in [1.54, 1.807) is 57.3 Å². The normalized spacial score (nSPS) is 14.3. The number of benzene rings is 2. The second kappa shape index (κ2) is 13.7. The highest BCUT2D eigenvalue weighted by Crippen LogP contribution is 2.24. The molecule has 1 N–H and O–H groups in total. The van der Waals surface area contributed by atoms with Crippen molar-refractivity contribution in [3.05, 3.63) is 71.9 Å².